The fourth-order valence-electron chi connectivity index (χ4n) is 2.93. The molecule has 1 aromatic heterocycles. The highest BCUT2D eigenvalue weighted by Crippen LogP contribution is 2.25. The lowest BCUT2D eigenvalue weighted by atomic mass is 9.97. The molecule has 2 N–H and O–H groups in total. The highest BCUT2D eigenvalue weighted by Gasteiger charge is 2.32. The molecule has 0 bridgehead atoms. The lowest BCUT2D eigenvalue weighted by Gasteiger charge is -2.30. The van der Waals surface area contributed by atoms with Crippen LogP contribution >= 0.6 is 0 Å². The molecule has 1 fully saturated rings. The summed E-state index contributed by atoms with van der Waals surface area (Å²) < 4.78 is 26.8. The lowest BCUT2D eigenvalue weighted by Crippen LogP contribution is -2.41. The Bertz CT molecular complexity index is 850. The number of nitrogens with one attached hydrogen (secondary N) is 2. The van der Waals surface area contributed by atoms with Gasteiger partial charge in [-0.15, -0.1) is 0 Å². The average molecular weight is 362 g/mol. The average Bonchev–Trinajstić information content (AvgIpc) is 3.00. The number of benzene rings is 1. The number of nitrogens with zero attached hydrogens (tertiary/aromatic N) is 2. The number of aromatic amines is 1. The first-order valence-corrected chi connectivity index (χ1v) is 9.70. The van der Waals surface area contributed by atoms with Crippen molar-refractivity contribution in [1.82, 2.24) is 14.5 Å². The molecular formula is C17H22N4O3S. The van der Waals surface area contributed by atoms with Gasteiger partial charge in [-0.1, -0.05) is 17.7 Å². The van der Waals surface area contributed by atoms with E-state index in [1.165, 1.54) is 4.31 Å². The minimum absolute atomic E-state index is 0.112. The van der Waals surface area contributed by atoms with E-state index in [2.05, 4.69) is 15.5 Å². The largest absolute Gasteiger partial charge is 0.309 e. The summed E-state index contributed by atoms with van der Waals surface area (Å²) in [5.41, 5.74) is 1.89. The minimum atomic E-state index is -3.50. The fraction of sp³-hybridized carbons (Fsp3) is 0.412. The van der Waals surface area contributed by atoms with Crippen LogP contribution < -0.4 is 5.32 Å². The Balaban J connectivity index is 1.61. The SMILES string of the molecule is Cc1ccc(S(=O)(=O)N2CCC(C(=O)Nc3cc(C)[nH]n3)CC2)cc1. The first kappa shape index (κ1) is 17.6. The summed E-state index contributed by atoms with van der Waals surface area (Å²) in [5.74, 6) is 0.178. The van der Waals surface area contributed by atoms with Gasteiger partial charge in [0.2, 0.25) is 15.9 Å². The number of carbonyl (C=O) groups is 1. The highest BCUT2D eigenvalue weighted by molar-refractivity contribution is 7.89. The van der Waals surface area contributed by atoms with Gasteiger partial charge >= 0.3 is 0 Å². The number of piperidine rings is 1. The van der Waals surface area contributed by atoms with Gasteiger partial charge in [0.25, 0.3) is 0 Å². The molecule has 0 spiro atoms. The summed E-state index contributed by atoms with van der Waals surface area (Å²) in [5, 5.41) is 9.54. The molecule has 7 nitrogen and oxygen atoms in total. The Labute approximate surface area is 147 Å². The molecule has 3 rings (SSSR count). The zero-order valence-corrected chi connectivity index (χ0v) is 15.1. The van der Waals surface area contributed by atoms with Gasteiger partial charge in [-0.2, -0.15) is 9.40 Å². The lowest BCUT2D eigenvalue weighted by molar-refractivity contribution is -0.120. The van der Waals surface area contributed by atoms with Gasteiger partial charge in [0, 0.05) is 30.8 Å². The Morgan fingerprint density at radius 2 is 1.84 bits per heavy atom. The first-order chi connectivity index (χ1) is 11.9. The number of amides is 1. The maximum absolute atomic E-state index is 12.7. The van der Waals surface area contributed by atoms with Crippen LogP contribution in [-0.2, 0) is 14.8 Å². The normalized spacial score (nSPS) is 16.7. The van der Waals surface area contributed by atoms with Crippen molar-refractivity contribution in [2.75, 3.05) is 18.4 Å². The molecule has 1 saturated heterocycles. The molecule has 0 saturated carbocycles. The van der Waals surface area contributed by atoms with Crippen molar-refractivity contribution in [1.29, 1.82) is 0 Å². The molecule has 0 radical (unpaired) electrons. The molecule has 1 aromatic carbocycles. The molecule has 1 aliphatic heterocycles. The van der Waals surface area contributed by atoms with E-state index in [4.69, 9.17) is 0 Å². The van der Waals surface area contributed by atoms with Crippen LogP contribution in [0.25, 0.3) is 0 Å². The second kappa shape index (κ2) is 6.97. The molecule has 2 aromatic rings. The monoisotopic (exact) mass is 362 g/mol. The number of aromatic nitrogens is 2. The molecule has 1 aliphatic rings. The van der Waals surface area contributed by atoms with E-state index in [0.29, 0.717) is 36.6 Å². The van der Waals surface area contributed by atoms with Crippen LogP contribution in [0, 0.1) is 19.8 Å². The van der Waals surface area contributed by atoms with Gasteiger partial charge in [0.15, 0.2) is 5.82 Å². The number of carbonyl (C=O) groups excluding carboxylic acids is 1. The Morgan fingerprint density at radius 3 is 2.40 bits per heavy atom. The molecule has 8 heteroatoms. The third-order valence-corrected chi connectivity index (χ3v) is 6.35. The Kier molecular flexibility index (Phi) is 4.91. The summed E-state index contributed by atoms with van der Waals surface area (Å²) in [4.78, 5) is 12.6. The van der Waals surface area contributed by atoms with Crippen LogP contribution in [0.4, 0.5) is 5.82 Å². The van der Waals surface area contributed by atoms with Gasteiger partial charge in [0.1, 0.15) is 0 Å². The molecule has 25 heavy (non-hydrogen) atoms. The van der Waals surface area contributed by atoms with E-state index >= 15 is 0 Å². The number of sulfonamides is 1. The quantitative estimate of drug-likeness (QED) is 0.870. The number of hydrogen-bond donors (Lipinski definition) is 2. The maximum Gasteiger partial charge on any atom is 0.243 e. The fourth-order valence-corrected chi connectivity index (χ4v) is 4.40. The number of anilines is 1. The zero-order valence-electron chi connectivity index (χ0n) is 14.3. The van der Waals surface area contributed by atoms with Crippen LogP contribution in [0.3, 0.4) is 0 Å². The summed E-state index contributed by atoms with van der Waals surface area (Å²) >= 11 is 0. The number of H-pyrrole nitrogens is 1. The second-order valence-corrected chi connectivity index (χ2v) is 8.35. The maximum atomic E-state index is 12.7. The van der Waals surface area contributed by atoms with Crippen molar-refractivity contribution in [3.8, 4) is 0 Å². The molecule has 134 valence electrons. The second-order valence-electron chi connectivity index (χ2n) is 6.42. The van der Waals surface area contributed by atoms with Gasteiger partial charge in [-0.3, -0.25) is 9.89 Å². The first-order valence-electron chi connectivity index (χ1n) is 8.26. The van der Waals surface area contributed by atoms with E-state index < -0.39 is 10.0 Å². The van der Waals surface area contributed by atoms with Crippen molar-refractivity contribution >= 4 is 21.7 Å². The molecule has 0 aliphatic carbocycles. The summed E-state index contributed by atoms with van der Waals surface area (Å²) in [6, 6.07) is 8.60. The number of rotatable bonds is 4. The van der Waals surface area contributed by atoms with Gasteiger partial charge in [-0.25, -0.2) is 8.42 Å². The van der Waals surface area contributed by atoms with Crippen LogP contribution in [-0.4, -0.2) is 41.9 Å². The van der Waals surface area contributed by atoms with E-state index in [-0.39, 0.29) is 11.8 Å². The van der Waals surface area contributed by atoms with Crippen LogP contribution in [0.1, 0.15) is 24.1 Å². The Morgan fingerprint density at radius 1 is 1.20 bits per heavy atom. The highest BCUT2D eigenvalue weighted by atomic mass is 32.2. The van der Waals surface area contributed by atoms with Crippen molar-refractivity contribution in [3.63, 3.8) is 0 Å². The zero-order chi connectivity index (χ0) is 18.0. The van der Waals surface area contributed by atoms with E-state index in [1.807, 2.05) is 13.8 Å². The Hall–Kier alpha value is -2.19. The van der Waals surface area contributed by atoms with Crippen LogP contribution in [0.5, 0.6) is 0 Å². The van der Waals surface area contributed by atoms with E-state index in [9.17, 15) is 13.2 Å². The third-order valence-electron chi connectivity index (χ3n) is 4.44. The van der Waals surface area contributed by atoms with Gasteiger partial charge < -0.3 is 5.32 Å². The summed E-state index contributed by atoms with van der Waals surface area (Å²) in [7, 11) is -3.50. The van der Waals surface area contributed by atoms with Gasteiger partial charge in [-0.05, 0) is 38.8 Å². The van der Waals surface area contributed by atoms with Gasteiger partial charge in [0.05, 0.1) is 4.90 Å². The standard InChI is InChI=1S/C17H22N4O3S/c1-12-3-5-15(6-4-12)25(23,24)21-9-7-14(8-10-21)17(22)18-16-11-13(2)19-20-16/h3-6,11,14H,7-10H2,1-2H3,(H2,18,19,20,22). The molecule has 1 amide bonds. The van der Waals surface area contributed by atoms with Crippen molar-refractivity contribution < 1.29 is 13.2 Å². The molecule has 0 atom stereocenters. The number of aryl methyl sites for hydroxylation is 2. The minimum Gasteiger partial charge on any atom is -0.309 e. The summed E-state index contributed by atoms with van der Waals surface area (Å²) in [6.45, 7) is 4.46. The van der Waals surface area contributed by atoms with E-state index in [0.717, 1.165) is 11.3 Å². The number of hydrogen-bond acceptors (Lipinski definition) is 4. The molecule has 2 heterocycles. The van der Waals surface area contributed by atoms with Crippen molar-refractivity contribution in [2.24, 2.45) is 5.92 Å². The van der Waals surface area contributed by atoms with Crippen molar-refractivity contribution in [3.05, 3.63) is 41.6 Å². The topological polar surface area (TPSA) is 95.2 Å². The summed E-state index contributed by atoms with van der Waals surface area (Å²) in [6.07, 6.45) is 1.00. The molecular weight excluding hydrogens is 340 g/mol. The smallest absolute Gasteiger partial charge is 0.243 e. The van der Waals surface area contributed by atoms with Crippen LogP contribution in [0.2, 0.25) is 0 Å². The molecule has 0 unspecified atom stereocenters. The predicted octanol–water partition coefficient (Wildman–Crippen LogP) is 2.07. The van der Waals surface area contributed by atoms with Crippen LogP contribution in [0.15, 0.2) is 35.2 Å². The predicted molar refractivity (Wildman–Crippen MR) is 94.6 cm³/mol. The van der Waals surface area contributed by atoms with E-state index in [1.54, 1.807) is 30.3 Å². The van der Waals surface area contributed by atoms with Crippen molar-refractivity contribution in [2.45, 2.75) is 31.6 Å². The third kappa shape index (κ3) is 3.91.